The Balaban J connectivity index is 3.55. The fraction of sp³-hybridized carbons (Fsp3) is 0.567. The Kier molecular flexibility index (Phi) is 16.5. The minimum atomic E-state index is -5.18. The van der Waals surface area contributed by atoms with Crippen molar-refractivity contribution in [2.24, 2.45) is 10.8 Å². The van der Waals surface area contributed by atoms with E-state index in [1.165, 1.54) is 5.32 Å². The average Bonchev–Trinajstić information content (AvgIpc) is 3.04. The molecule has 0 heterocycles. The number of allylic oxidation sites excluding steroid dienone is 1. The van der Waals surface area contributed by atoms with E-state index >= 15 is 8.78 Å². The molecule has 0 saturated carbocycles. The fourth-order valence-corrected chi connectivity index (χ4v) is 4.24. The number of aliphatic hydroxyl groups excluding tert-OH is 1. The second-order valence-corrected chi connectivity index (χ2v) is 12.5. The van der Waals surface area contributed by atoms with Gasteiger partial charge < -0.3 is 41.3 Å². The minimum Gasteiger partial charge on any atom is -0.453 e. The second-order valence-electron chi connectivity index (χ2n) is 12.5. The summed E-state index contributed by atoms with van der Waals surface area (Å²) in [5, 5.41) is 25.9. The number of nitrogens with one attached hydrogen (secondary N) is 6. The van der Waals surface area contributed by atoms with Crippen LogP contribution >= 0.6 is 0 Å². The molecule has 0 aromatic heterocycles. The van der Waals surface area contributed by atoms with Crippen LogP contribution < -0.4 is 26.7 Å². The van der Waals surface area contributed by atoms with Crippen molar-refractivity contribution in [1.29, 1.82) is 5.41 Å². The molecule has 1 unspecified atom stereocenters. The molecule has 24 heteroatoms. The molecule has 1 rings (SSSR count). The molecule has 0 spiro atoms. The maximum absolute atomic E-state index is 15.2. The van der Waals surface area contributed by atoms with Crippen LogP contribution in [0.3, 0.4) is 0 Å². The zero-order chi connectivity index (χ0) is 42.0. The summed E-state index contributed by atoms with van der Waals surface area (Å²) in [6.45, 7) is -4.01. The number of ether oxygens (including phenoxy) is 2. The van der Waals surface area contributed by atoms with Crippen LogP contribution in [0.5, 0.6) is 0 Å². The predicted octanol–water partition coefficient (Wildman–Crippen LogP) is 3.60. The van der Waals surface area contributed by atoms with Crippen LogP contribution in [0.4, 0.5) is 53.5 Å². The molecule has 0 saturated heterocycles. The van der Waals surface area contributed by atoms with Crippen LogP contribution in [-0.2, 0) is 25.6 Å². The van der Waals surface area contributed by atoms with E-state index in [-0.39, 0.29) is 0 Å². The molecule has 1 aromatic carbocycles. The molecule has 0 aliphatic carbocycles. The van der Waals surface area contributed by atoms with Gasteiger partial charge in [-0.3, -0.25) is 15.0 Å². The number of methoxy groups -OCH3 is 2. The number of nitrogens with zero attached hydrogens (tertiary/aromatic N) is 1. The van der Waals surface area contributed by atoms with E-state index in [1.807, 2.05) is 10.7 Å². The number of alkyl halides is 8. The highest BCUT2D eigenvalue weighted by Gasteiger charge is 2.57. The maximum atomic E-state index is 15.2. The Hall–Kier alpha value is -4.87. The second kappa shape index (κ2) is 18.9. The van der Waals surface area contributed by atoms with Gasteiger partial charge in [-0.25, -0.2) is 23.4 Å². The van der Waals surface area contributed by atoms with Crippen molar-refractivity contribution in [1.82, 2.24) is 31.7 Å². The average molecular weight is 800 g/mol. The van der Waals surface area contributed by atoms with E-state index < -0.39 is 120 Å². The zero-order valence-electron chi connectivity index (χ0n) is 29.4. The third kappa shape index (κ3) is 12.9. The first-order chi connectivity index (χ1) is 24.6. The van der Waals surface area contributed by atoms with Gasteiger partial charge in [0, 0.05) is 37.0 Å². The molecular formula is C30H39F10N7O7. The lowest BCUT2D eigenvalue weighted by molar-refractivity contribution is -0.221. The lowest BCUT2D eigenvalue weighted by atomic mass is 9.83. The number of carbonyl (C=O) groups is 4. The first-order valence-corrected chi connectivity index (χ1v) is 15.2. The first-order valence-electron chi connectivity index (χ1n) is 15.2. The molecule has 7 N–H and O–H groups in total. The van der Waals surface area contributed by atoms with Gasteiger partial charge in [0.25, 0.3) is 5.91 Å². The van der Waals surface area contributed by atoms with Crippen LogP contribution in [0.1, 0.15) is 38.8 Å². The highest BCUT2D eigenvalue weighted by Crippen LogP contribution is 2.41. The Morgan fingerprint density at radius 1 is 0.852 bits per heavy atom. The molecule has 4 amide bonds. The van der Waals surface area contributed by atoms with Crippen molar-refractivity contribution in [3.8, 4) is 0 Å². The van der Waals surface area contributed by atoms with E-state index in [2.05, 4.69) is 9.47 Å². The highest BCUT2D eigenvalue weighted by atomic mass is 19.4. The largest absolute Gasteiger partial charge is 0.453 e. The van der Waals surface area contributed by atoms with Gasteiger partial charge in [-0.2, -0.15) is 35.1 Å². The molecule has 0 aliphatic heterocycles. The zero-order valence-corrected chi connectivity index (χ0v) is 29.4. The third-order valence-electron chi connectivity index (χ3n) is 7.81. The van der Waals surface area contributed by atoms with Gasteiger partial charge in [0.05, 0.1) is 36.9 Å². The molecule has 54 heavy (non-hydrogen) atoms. The van der Waals surface area contributed by atoms with E-state index in [4.69, 9.17) is 5.41 Å². The summed E-state index contributed by atoms with van der Waals surface area (Å²) in [5.74, 6) is -6.08. The topological polar surface area (TPSA) is 194 Å². The molecule has 0 radical (unpaired) electrons. The summed E-state index contributed by atoms with van der Waals surface area (Å²) < 4.78 is 147. The number of halogens is 10. The molecule has 3 atom stereocenters. The van der Waals surface area contributed by atoms with Gasteiger partial charge in [0.1, 0.15) is 23.7 Å². The smallest absolute Gasteiger partial charge is 0.407 e. The Labute approximate surface area is 301 Å². The predicted molar refractivity (Wildman–Crippen MR) is 167 cm³/mol. The van der Waals surface area contributed by atoms with Gasteiger partial charge in [0.15, 0.2) is 0 Å². The van der Waals surface area contributed by atoms with Crippen molar-refractivity contribution in [3.05, 3.63) is 47.2 Å². The van der Waals surface area contributed by atoms with Crippen LogP contribution in [0.15, 0.2) is 24.4 Å². The Morgan fingerprint density at radius 2 is 1.30 bits per heavy atom. The van der Waals surface area contributed by atoms with Gasteiger partial charge in [-0.1, -0.05) is 0 Å². The first kappa shape index (κ1) is 47.2. The molecular weight excluding hydrogens is 760 g/mol. The van der Waals surface area contributed by atoms with Gasteiger partial charge >= 0.3 is 31.1 Å². The van der Waals surface area contributed by atoms with E-state index in [0.29, 0.717) is 51.0 Å². The van der Waals surface area contributed by atoms with Gasteiger partial charge in [-0.15, -0.1) is 0 Å². The molecule has 0 aliphatic rings. The quantitative estimate of drug-likeness (QED) is 0.0534. The molecule has 1 aromatic rings. The minimum absolute atomic E-state index is 0.445. The Morgan fingerprint density at radius 3 is 1.70 bits per heavy atom. The highest BCUT2D eigenvalue weighted by molar-refractivity contribution is 6.06. The number of hydrazine groups is 1. The number of amides is 4. The third-order valence-corrected chi connectivity index (χ3v) is 7.81. The number of carbonyl (C=O) groups excluding carboxylic acids is 4. The van der Waals surface area contributed by atoms with Crippen molar-refractivity contribution < 1.29 is 77.7 Å². The summed E-state index contributed by atoms with van der Waals surface area (Å²) in [6, 6.07) is -3.74. The number of alkyl carbamates (subject to hydrolysis) is 2. The van der Waals surface area contributed by atoms with Crippen molar-refractivity contribution in [3.63, 3.8) is 0 Å². The lowest BCUT2D eigenvalue weighted by Crippen LogP contribution is -2.62. The summed E-state index contributed by atoms with van der Waals surface area (Å²) in [6.07, 6.45) is -13.9. The van der Waals surface area contributed by atoms with E-state index in [9.17, 15) is 59.4 Å². The molecule has 306 valence electrons. The summed E-state index contributed by atoms with van der Waals surface area (Å²) in [4.78, 5) is 49.8. The summed E-state index contributed by atoms with van der Waals surface area (Å²) in [7, 11) is 1.57. The van der Waals surface area contributed by atoms with Crippen LogP contribution in [0.2, 0.25) is 0 Å². The van der Waals surface area contributed by atoms with Crippen molar-refractivity contribution in [2.75, 3.05) is 27.3 Å². The maximum Gasteiger partial charge on any atom is 0.407 e. The SMILES string of the molecule is COC(=O)NC(C(=O)NC[C@H](O)CN(Cc1c(F)cc(C(=N)/C=C\NC(F)F)cc1F)NC(=O)[C@@H](NC(=O)OC)C(C)(C)C(F)(F)F)C(C)(C)C(F)(F)F. The van der Waals surface area contributed by atoms with Gasteiger partial charge in [-0.05, 0) is 45.9 Å². The summed E-state index contributed by atoms with van der Waals surface area (Å²) in [5.41, 5.74) is -6.19. The van der Waals surface area contributed by atoms with Crippen LogP contribution in [0, 0.1) is 27.9 Å². The van der Waals surface area contributed by atoms with E-state index in [1.54, 1.807) is 10.6 Å². The number of hydrogen-bond acceptors (Lipinski definition) is 10. The van der Waals surface area contributed by atoms with Crippen molar-refractivity contribution >= 4 is 29.7 Å². The molecule has 0 bridgehead atoms. The summed E-state index contributed by atoms with van der Waals surface area (Å²) >= 11 is 0. The number of aliphatic hydroxyl groups is 1. The van der Waals surface area contributed by atoms with Crippen LogP contribution in [-0.4, -0.2) is 104 Å². The number of rotatable bonds is 17. The van der Waals surface area contributed by atoms with E-state index in [0.717, 1.165) is 20.3 Å². The normalized spacial score (nSPS) is 14.3. The Bertz CT molecular complexity index is 1520. The fourth-order valence-electron chi connectivity index (χ4n) is 4.24. The monoisotopic (exact) mass is 799 g/mol. The number of hydrogen-bond donors (Lipinski definition) is 7. The standard InChI is InChI=1S/C30H39F10N7O7/c1-27(2,29(35,36)37)20(44-25(51)53-5)22(49)43-11-15(48)12-47(46-23(50)21(45-26(52)54-6)28(3,4)30(38,39)40)13-16-17(31)9-14(10-18(16)32)19(41)7-8-42-24(33)34/h7-10,15,20-21,24,41-42,48H,11-13H2,1-6H3,(H,43,49)(H,44,51)(H,45,52)(H,46,50)/b8-7-,41-19?/t15-,20?,21+/m0/s1. The molecule has 14 nitrogen and oxygen atoms in total. The van der Waals surface area contributed by atoms with Crippen molar-refractivity contribution in [2.45, 2.75) is 71.3 Å². The number of benzene rings is 1. The van der Waals surface area contributed by atoms with Crippen LogP contribution in [0.25, 0.3) is 0 Å². The lowest BCUT2D eigenvalue weighted by Gasteiger charge is -2.37. The van der Waals surface area contributed by atoms with Gasteiger partial charge in [0.2, 0.25) is 5.91 Å². The molecule has 0 fully saturated rings.